The van der Waals surface area contributed by atoms with Crippen LogP contribution >= 0.6 is 15.9 Å². The summed E-state index contributed by atoms with van der Waals surface area (Å²) in [7, 11) is 1.83. The monoisotopic (exact) mass is 332 g/mol. The average Bonchev–Trinajstić information content (AvgIpc) is 2.90. The molecule has 1 heterocycles. The third-order valence-corrected chi connectivity index (χ3v) is 3.60. The minimum absolute atomic E-state index is 0.391. The molecule has 1 aromatic heterocycles. The summed E-state index contributed by atoms with van der Waals surface area (Å²) in [5.74, 6) is 0.552. The Morgan fingerprint density at radius 3 is 2.70 bits per heavy atom. The normalized spacial score (nSPS) is 10.9. The number of hydrogen-bond acceptors (Lipinski definition) is 5. The fraction of sp³-hybridized carbons (Fsp3) is 0.143. The fourth-order valence-electron chi connectivity index (χ4n) is 2.01. The first-order valence-corrected chi connectivity index (χ1v) is 6.98. The number of fused-ring (bicyclic) bond motifs is 1. The van der Waals surface area contributed by atoms with E-state index in [1.807, 2.05) is 37.4 Å². The quantitative estimate of drug-likeness (QED) is 0.766. The minimum atomic E-state index is 0.391. The Balaban J connectivity index is 1.96. The molecular formula is C14H13BrN4O. The van der Waals surface area contributed by atoms with Gasteiger partial charge in [0.25, 0.3) is 0 Å². The second-order valence-corrected chi connectivity index (χ2v) is 5.15. The molecule has 0 unspecified atom stereocenters. The zero-order valence-electron chi connectivity index (χ0n) is 10.9. The molecule has 2 N–H and O–H groups in total. The first-order chi connectivity index (χ1) is 9.78. The van der Waals surface area contributed by atoms with Crippen molar-refractivity contribution in [1.82, 2.24) is 15.5 Å². The summed E-state index contributed by atoms with van der Waals surface area (Å²) < 4.78 is 6.56. The highest BCUT2D eigenvalue weighted by atomic mass is 79.9. The highest BCUT2D eigenvalue weighted by Crippen LogP contribution is 2.31. The number of hydrogen-bond donors (Lipinski definition) is 2. The number of rotatable bonds is 4. The van der Waals surface area contributed by atoms with Gasteiger partial charge in [-0.1, -0.05) is 45.3 Å². The number of anilines is 2. The van der Waals surface area contributed by atoms with E-state index >= 15 is 0 Å². The summed E-state index contributed by atoms with van der Waals surface area (Å²) in [5.41, 5.74) is 0.934. The van der Waals surface area contributed by atoms with Gasteiger partial charge in [0.2, 0.25) is 5.89 Å². The van der Waals surface area contributed by atoms with Crippen LogP contribution in [0.3, 0.4) is 0 Å². The molecule has 0 fully saturated rings. The summed E-state index contributed by atoms with van der Waals surface area (Å²) in [6, 6.07) is 12.5. The maximum absolute atomic E-state index is 5.50. The molecule has 0 aliphatic carbocycles. The van der Waals surface area contributed by atoms with Crippen LogP contribution in [0.15, 0.2) is 45.3 Å². The summed E-state index contributed by atoms with van der Waals surface area (Å²) >= 11 is 3.55. The summed E-state index contributed by atoms with van der Waals surface area (Å²) in [4.78, 5) is 0. The van der Waals surface area contributed by atoms with Gasteiger partial charge in [-0.05, 0) is 24.6 Å². The zero-order valence-corrected chi connectivity index (χ0v) is 12.4. The number of nitrogens with zero attached hydrogens (tertiary/aromatic N) is 2. The van der Waals surface area contributed by atoms with Crippen LogP contribution in [0.5, 0.6) is 0 Å². The van der Waals surface area contributed by atoms with Crippen LogP contribution in [0.1, 0.15) is 5.89 Å². The first kappa shape index (κ1) is 13.1. The minimum Gasteiger partial charge on any atom is -0.406 e. The topological polar surface area (TPSA) is 63.0 Å². The van der Waals surface area contributed by atoms with E-state index in [4.69, 9.17) is 4.42 Å². The number of nitrogens with one attached hydrogen (secondary N) is 2. The van der Waals surface area contributed by atoms with E-state index in [0.29, 0.717) is 18.5 Å². The lowest BCUT2D eigenvalue weighted by molar-refractivity contribution is 0.493. The molecule has 0 saturated heterocycles. The molecule has 0 aliphatic rings. The Morgan fingerprint density at radius 2 is 1.90 bits per heavy atom. The van der Waals surface area contributed by atoms with Crippen molar-refractivity contribution in [2.24, 2.45) is 0 Å². The lowest BCUT2D eigenvalue weighted by atomic mass is 10.1. The van der Waals surface area contributed by atoms with Crippen molar-refractivity contribution in [3.63, 3.8) is 0 Å². The van der Waals surface area contributed by atoms with E-state index in [2.05, 4.69) is 42.8 Å². The van der Waals surface area contributed by atoms with Gasteiger partial charge in [0, 0.05) is 9.86 Å². The van der Waals surface area contributed by atoms with E-state index in [0.717, 1.165) is 20.9 Å². The number of aromatic nitrogens is 2. The van der Waals surface area contributed by atoms with Gasteiger partial charge in [-0.2, -0.15) is 0 Å². The highest BCUT2D eigenvalue weighted by Gasteiger charge is 2.08. The van der Waals surface area contributed by atoms with Crippen molar-refractivity contribution >= 4 is 38.4 Å². The van der Waals surface area contributed by atoms with Gasteiger partial charge >= 0.3 is 6.01 Å². The van der Waals surface area contributed by atoms with Crippen LogP contribution in [0, 0.1) is 0 Å². The Morgan fingerprint density at radius 1 is 1.10 bits per heavy atom. The van der Waals surface area contributed by atoms with Gasteiger partial charge in [0.1, 0.15) is 0 Å². The van der Waals surface area contributed by atoms with Crippen LogP contribution in [0.2, 0.25) is 0 Å². The van der Waals surface area contributed by atoms with Crippen molar-refractivity contribution in [2.75, 3.05) is 12.4 Å². The maximum atomic E-state index is 5.50. The van der Waals surface area contributed by atoms with Gasteiger partial charge in [-0.3, -0.25) is 0 Å². The molecule has 3 rings (SSSR count). The molecule has 20 heavy (non-hydrogen) atoms. The predicted molar refractivity (Wildman–Crippen MR) is 82.0 cm³/mol. The second-order valence-electron chi connectivity index (χ2n) is 4.30. The van der Waals surface area contributed by atoms with Crippen molar-refractivity contribution in [3.05, 3.63) is 46.8 Å². The lowest BCUT2D eigenvalue weighted by Crippen LogP contribution is -2.04. The van der Waals surface area contributed by atoms with Gasteiger partial charge in [0.05, 0.1) is 12.2 Å². The largest absolute Gasteiger partial charge is 0.406 e. The molecule has 0 spiro atoms. The van der Waals surface area contributed by atoms with E-state index in [1.165, 1.54) is 0 Å². The third kappa shape index (κ3) is 2.52. The highest BCUT2D eigenvalue weighted by molar-refractivity contribution is 9.10. The Hall–Kier alpha value is -1.92. The smallest absolute Gasteiger partial charge is 0.320 e. The van der Waals surface area contributed by atoms with Gasteiger partial charge < -0.3 is 15.1 Å². The third-order valence-electron chi connectivity index (χ3n) is 2.91. The van der Waals surface area contributed by atoms with Gasteiger partial charge in [-0.15, -0.1) is 5.10 Å². The molecule has 0 amide bonds. The van der Waals surface area contributed by atoms with E-state index in [9.17, 15) is 0 Å². The Labute approximate surface area is 124 Å². The predicted octanol–water partition coefficient (Wildman–Crippen LogP) is 3.45. The maximum Gasteiger partial charge on any atom is 0.320 e. The van der Waals surface area contributed by atoms with Crippen molar-refractivity contribution in [2.45, 2.75) is 6.54 Å². The molecule has 5 nitrogen and oxygen atoms in total. The molecule has 0 aliphatic heterocycles. The number of benzene rings is 2. The van der Waals surface area contributed by atoms with Gasteiger partial charge in [-0.25, -0.2) is 0 Å². The van der Waals surface area contributed by atoms with Crippen LogP contribution in [-0.2, 0) is 6.54 Å². The zero-order chi connectivity index (χ0) is 13.9. The number of halogens is 1. The summed E-state index contributed by atoms with van der Waals surface area (Å²) in [6.45, 7) is 0.551. The SMILES string of the molecule is CNCc1nnc(Nc2ccc(Br)c3ccccc23)o1. The first-order valence-electron chi connectivity index (χ1n) is 6.19. The molecule has 3 aromatic rings. The van der Waals surface area contributed by atoms with E-state index in [1.54, 1.807) is 0 Å². The average molecular weight is 333 g/mol. The van der Waals surface area contributed by atoms with Crippen molar-refractivity contribution in [3.8, 4) is 0 Å². The molecule has 0 atom stereocenters. The molecule has 0 radical (unpaired) electrons. The molecular weight excluding hydrogens is 320 g/mol. The Kier molecular flexibility index (Phi) is 3.66. The van der Waals surface area contributed by atoms with E-state index in [-0.39, 0.29) is 0 Å². The second kappa shape index (κ2) is 5.60. The molecule has 102 valence electrons. The Bertz CT molecular complexity index is 741. The van der Waals surface area contributed by atoms with Crippen LogP contribution in [-0.4, -0.2) is 17.2 Å². The van der Waals surface area contributed by atoms with Crippen LogP contribution in [0.4, 0.5) is 11.7 Å². The summed E-state index contributed by atoms with van der Waals surface area (Å²) in [6.07, 6.45) is 0. The molecule has 2 aromatic carbocycles. The van der Waals surface area contributed by atoms with Crippen LogP contribution in [0.25, 0.3) is 10.8 Å². The van der Waals surface area contributed by atoms with Crippen molar-refractivity contribution in [1.29, 1.82) is 0 Å². The lowest BCUT2D eigenvalue weighted by Gasteiger charge is -2.07. The fourth-order valence-corrected chi connectivity index (χ4v) is 2.49. The van der Waals surface area contributed by atoms with Gasteiger partial charge in [0.15, 0.2) is 0 Å². The molecule has 0 bridgehead atoms. The summed E-state index contributed by atoms with van der Waals surface area (Å²) in [5, 5.41) is 16.3. The van der Waals surface area contributed by atoms with Crippen LogP contribution < -0.4 is 10.6 Å². The molecule has 6 heteroatoms. The molecule has 0 saturated carbocycles. The van der Waals surface area contributed by atoms with E-state index < -0.39 is 0 Å². The van der Waals surface area contributed by atoms with Crippen molar-refractivity contribution < 1.29 is 4.42 Å². The standard InChI is InChI=1S/C14H13BrN4O/c1-16-8-13-18-19-14(20-13)17-12-7-6-11(15)9-4-2-3-5-10(9)12/h2-7,16H,8H2,1H3,(H,17,19).